The summed E-state index contributed by atoms with van der Waals surface area (Å²) in [5.41, 5.74) is 1.42. The first-order valence-electron chi connectivity index (χ1n) is 7.10. The zero-order chi connectivity index (χ0) is 16.1. The molecule has 4 heteroatoms. The van der Waals surface area contributed by atoms with Crippen molar-refractivity contribution < 1.29 is 4.79 Å². The predicted octanol–water partition coefficient (Wildman–Crippen LogP) is 5.74. The lowest BCUT2D eigenvalue weighted by Crippen LogP contribution is -2.11. The van der Waals surface area contributed by atoms with E-state index in [1.54, 1.807) is 23.9 Å². The van der Waals surface area contributed by atoms with Gasteiger partial charge >= 0.3 is 0 Å². The molecule has 0 heterocycles. The van der Waals surface area contributed by atoms with E-state index < -0.39 is 0 Å². The van der Waals surface area contributed by atoms with Gasteiger partial charge in [0.2, 0.25) is 0 Å². The highest BCUT2D eigenvalue weighted by Gasteiger charge is 2.05. The highest BCUT2D eigenvalue weighted by Crippen LogP contribution is 2.29. The lowest BCUT2D eigenvalue weighted by molar-refractivity contribution is 0.102. The van der Waals surface area contributed by atoms with Crippen LogP contribution in [0.2, 0.25) is 5.02 Å². The van der Waals surface area contributed by atoms with E-state index in [1.165, 1.54) is 0 Å². The maximum Gasteiger partial charge on any atom is 0.255 e. The summed E-state index contributed by atoms with van der Waals surface area (Å²) in [6.07, 6.45) is 0. The van der Waals surface area contributed by atoms with Crippen molar-refractivity contribution in [3.63, 3.8) is 0 Å². The Balaban J connectivity index is 1.65. The summed E-state index contributed by atoms with van der Waals surface area (Å²) in [6.45, 7) is 0. The van der Waals surface area contributed by atoms with Gasteiger partial charge in [-0.3, -0.25) is 4.79 Å². The second-order valence-corrected chi connectivity index (χ2v) is 6.48. The molecule has 0 atom stereocenters. The average molecular weight is 340 g/mol. The van der Waals surface area contributed by atoms with Crippen LogP contribution in [0.1, 0.15) is 10.4 Å². The summed E-state index contributed by atoms with van der Waals surface area (Å²) in [6, 6.07) is 24.7. The van der Waals surface area contributed by atoms with Crippen LogP contribution in [0.25, 0.3) is 0 Å². The molecular weight excluding hydrogens is 326 g/mol. The number of amides is 1. The highest BCUT2D eigenvalue weighted by molar-refractivity contribution is 7.99. The molecule has 0 unspecified atom stereocenters. The number of carbonyl (C=O) groups is 1. The predicted molar refractivity (Wildman–Crippen MR) is 96.4 cm³/mol. The second kappa shape index (κ2) is 7.36. The molecule has 0 bridgehead atoms. The van der Waals surface area contributed by atoms with Crippen molar-refractivity contribution in [1.82, 2.24) is 0 Å². The maximum atomic E-state index is 12.1. The van der Waals surface area contributed by atoms with E-state index >= 15 is 0 Å². The van der Waals surface area contributed by atoms with Crippen molar-refractivity contribution in [3.8, 4) is 0 Å². The maximum absolute atomic E-state index is 12.1. The number of nitrogens with one attached hydrogen (secondary N) is 1. The van der Waals surface area contributed by atoms with Crippen LogP contribution < -0.4 is 5.32 Å². The number of carbonyl (C=O) groups excluding carboxylic acids is 1. The summed E-state index contributed by atoms with van der Waals surface area (Å²) >= 11 is 7.53. The molecule has 0 aliphatic carbocycles. The molecule has 0 saturated heterocycles. The molecule has 2 nitrogen and oxygen atoms in total. The fourth-order valence-electron chi connectivity index (χ4n) is 2.04. The standard InChI is InChI=1S/C19H14ClNOS/c20-15-6-10-17(11-7-15)23-18-12-8-16(9-13-18)21-19(22)14-4-2-1-3-5-14/h1-13H,(H,21,22). The number of hydrogen-bond acceptors (Lipinski definition) is 2. The fraction of sp³-hybridized carbons (Fsp3) is 0. The van der Waals surface area contributed by atoms with E-state index in [1.807, 2.05) is 66.7 Å². The third-order valence-electron chi connectivity index (χ3n) is 3.20. The lowest BCUT2D eigenvalue weighted by atomic mass is 10.2. The van der Waals surface area contributed by atoms with Crippen molar-refractivity contribution >= 4 is 35.0 Å². The van der Waals surface area contributed by atoms with Crippen molar-refractivity contribution in [1.29, 1.82) is 0 Å². The summed E-state index contributed by atoms with van der Waals surface area (Å²) in [5.74, 6) is -0.108. The highest BCUT2D eigenvalue weighted by atomic mass is 35.5. The Labute approximate surface area is 144 Å². The van der Waals surface area contributed by atoms with E-state index in [0.29, 0.717) is 5.56 Å². The van der Waals surface area contributed by atoms with Crippen LogP contribution >= 0.6 is 23.4 Å². The SMILES string of the molecule is O=C(Nc1ccc(Sc2ccc(Cl)cc2)cc1)c1ccccc1. The van der Waals surface area contributed by atoms with Crippen LogP contribution in [-0.4, -0.2) is 5.91 Å². The Morgan fingerprint density at radius 2 is 1.35 bits per heavy atom. The molecule has 0 aliphatic heterocycles. The van der Waals surface area contributed by atoms with Gasteiger partial charge < -0.3 is 5.32 Å². The fourth-order valence-corrected chi connectivity index (χ4v) is 2.98. The van der Waals surface area contributed by atoms with Crippen LogP contribution in [0.5, 0.6) is 0 Å². The number of hydrogen-bond donors (Lipinski definition) is 1. The molecule has 23 heavy (non-hydrogen) atoms. The minimum atomic E-state index is -0.108. The summed E-state index contributed by atoms with van der Waals surface area (Å²) < 4.78 is 0. The van der Waals surface area contributed by atoms with E-state index in [-0.39, 0.29) is 5.91 Å². The van der Waals surface area contributed by atoms with Crippen LogP contribution in [0.15, 0.2) is 88.7 Å². The topological polar surface area (TPSA) is 29.1 Å². The van der Waals surface area contributed by atoms with E-state index in [4.69, 9.17) is 11.6 Å². The number of anilines is 1. The molecule has 0 aliphatic rings. The zero-order valence-corrected chi connectivity index (χ0v) is 13.8. The molecule has 1 amide bonds. The largest absolute Gasteiger partial charge is 0.322 e. The first-order valence-corrected chi connectivity index (χ1v) is 8.30. The lowest BCUT2D eigenvalue weighted by Gasteiger charge is -2.07. The Kier molecular flexibility index (Phi) is 5.01. The average Bonchev–Trinajstić information content (AvgIpc) is 2.59. The summed E-state index contributed by atoms with van der Waals surface area (Å²) in [4.78, 5) is 14.3. The molecule has 0 radical (unpaired) electrons. The van der Waals surface area contributed by atoms with Gasteiger partial charge in [0.25, 0.3) is 5.91 Å². The third-order valence-corrected chi connectivity index (χ3v) is 4.47. The van der Waals surface area contributed by atoms with Gasteiger partial charge in [-0.2, -0.15) is 0 Å². The van der Waals surface area contributed by atoms with Gasteiger partial charge in [0.15, 0.2) is 0 Å². The number of rotatable bonds is 4. The quantitative estimate of drug-likeness (QED) is 0.656. The molecule has 1 N–H and O–H groups in total. The van der Waals surface area contributed by atoms with Gasteiger partial charge in [-0.25, -0.2) is 0 Å². The molecule has 3 rings (SSSR count). The van der Waals surface area contributed by atoms with Gasteiger partial charge in [0, 0.05) is 26.1 Å². The molecule has 3 aromatic carbocycles. The minimum Gasteiger partial charge on any atom is -0.322 e. The van der Waals surface area contributed by atoms with E-state index in [9.17, 15) is 4.79 Å². The Morgan fingerprint density at radius 1 is 0.783 bits per heavy atom. The van der Waals surface area contributed by atoms with Gasteiger partial charge in [0.1, 0.15) is 0 Å². The first-order chi connectivity index (χ1) is 11.2. The molecule has 0 saturated carbocycles. The zero-order valence-electron chi connectivity index (χ0n) is 12.2. The van der Waals surface area contributed by atoms with Crippen LogP contribution in [0.4, 0.5) is 5.69 Å². The Bertz CT molecular complexity index is 786. The normalized spacial score (nSPS) is 10.3. The monoisotopic (exact) mass is 339 g/mol. The molecule has 0 spiro atoms. The molecular formula is C19H14ClNOS. The van der Waals surface area contributed by atoms with Crippen molar-refractivity contribution in [2.75, 3.05) is 5.32 Å². The van der Waals surface area contributed by atoms with Gasteiger partial charge in [-0.15, -0.1) is 0 Å². The second-order valence-electron chi connectivity index (χ2n) is 4.90. The van der Waals surface area contributed by atoms with E-state index in [2.05, 4.69) is 5.32 Å². The number of benzene rings is 3. The van der Waals surface area contributed by atoms with E-state index in [0.717, 1.165) is 20.5 Å². The van der Waals surface area contributed by atoms with Gasteiger partial charge in [0.05, 0.1) is 0 Å². The number of halogens is 1. The summed E-state index contributed by atoms with van der Waals surface area (Å²) in [7, 11) is 0. The third kappa shape index (κ3) is 4.38. The molecule has 0 fully saturated rings. The van der Waals surface area contributed by atoms with Crippen molar-refractivity contribution in [3.05, 3.63) is 89.4 Å². The molecule has 3 aromatic rings. The van der Waals surface area contributed by atoms with Crippen molar-refractivity contribution in [2.45, 2.75) is 9.79 Å². The Morgan fingerprint density at radius 3 is 1.96 bits per heavy atom. The minimum absolute atomic E-state index is 0.108. The van der Waals surface area contributed by atoms with Crippen LogP contribution in [0.3, 0.4) is 0 Å². The molecule has 0 aromatic heterocycles. The first kappa shape index (κ1) is 15.7. The smallest absolute Gasteiger partial charge is 0.255 e. The van der Waals surface area contributed by atoms with Crippen molar-refractivity contribution in [2.24, 2.45) is 0 Å². The van der Waals surface area contributed by atoms with Gasteiger partial charge in [-0.1, -0.05) is 41.6 Å². The van der Waals surface area contributed by atoms with Crippen LogP contribution in [-0.2, 0) is 0 Å². The van der Waals surface area contributed by atoms with Crippen LogP contribution in [0, 0.1) is 0 Å². The summed E-state index contributed by atoms with van der Waals surface area (Å²) in [5, 5.41) is 3.62. The van der Waals surface area contributed by atoms with Gasteiger partial charge in [-0.05, 0) is 60.7 Å². The molecule has 114 valence electrons. The Hall–Kier alpha value is -2.23.